The van der Waals surface area contributed by atoms with Gasteiger partial charge in [0.05, 0.1) is 6.42 Å². The fourth-order valence-electron chi connectivity index (χ4n) is 1.21. The Bertz CT molecular complexity index is 508. The Morgan fingerprint density at radius 1 is 1.39 bits per heavy atom. The van der Waals surface area contributed by atoms with Crippen LogP contribution < -0.4 is 10.3 Å². The second-order valence-electron chi connectivity index (χ2n) is 3.23. The van der Waals surface area contributed by atoms with Crippen molar-refractivity contribution in [2.24, 2.45) is 0 Å². The van der Waals surface area contributed by atoms with Crippen molar-refractivity contribution in [1.82, 2.24) is 4.98 Å². The molecule has 18 heavy (non-hydrogen) atoms. The number of hydrogen-bond donors (Lipinski definition) is 2. The van der Waals surface area contributed by atoms with Crippen molar-refractivity contribution in [2.45, 2.75) is 19.5 Å². The molecule has 0 fully saturated rings. The quantitative estimate of drug-likeness (QED) is 0.809. The van der Waals surface area contributed by atoms with Crippen molar-refractivity contribution in [3.05, 3.63) is 27.5 Å². The Hall–Kier alpha value is -2.06. The van der Waals surface area contributed by atoms with Gasteiger partial charge < -0.3 is 9.84 Å². The summed E-state index contributed by atoms with van der Waals surface area (Å²) in [5.41, 5.74) is -2.04. The largest absolute Gasteiger partial charge is 0.574 e. The van der Waals surface area contributed by atoms with E-state index in [0.717, 1.165) is 6.07 Å². The standard InChI is InChI=1S/C9H7F4NO4/c10-3-5-1-4(2-6(15)16)8(14-7(5)17)18-9(11,12)13/h1H,2-3H2,(H,14,17)(H,15,16). The van der Waals surface area contributed by atoms with Gasteiger partial charge in [-0.05, 0) is 6.07 Å². The molecule has 0 saturated carbocycles. The average Bonchev–Trinajstić information content (AvgIpc) is 2.19. The van der Waals surface area contributed by atoms with Gasteiger partial charge in [0.25, 0.3) is 5.56 Å². The van der Waals surface area contributed by atoms with Gasteiger partial charge in [0.1, 0.15) is 6.67 Å². The number of aliphatic carboxylic acids is 1. The molecule has 0 unspecified atom stereocenters. The molecular formula is C9H7F4NO4. The summed E-state index contributed by atoms with van der Waals surface area (Å²) in [5, 5.41) is 8.50. The number of pyridine rings is 1. The first kappa shape index (κ1) is 14.0. The van der Waals surface area contributed by atoms with E-state index < -0.39 is 48.0 Å². The molecule has 0 amide bonds. The number of carboxylic acid groups (broad SMARTS) is 1. The Morgan fingerprint density at radius 3 is 2.44 bits per heavy atom. The van der Waals surface area contributed by atoms with E-state index in [9.17, 15) is 27.2 Å². The summed E-state index contributed by atoms with van der Waals surface area (Å²) >= 11 is 0. The zero-order valence-corrected chi connectivity index (χ0v) is 8.68. The highest BCUT2D eigenvalue weighted by Gasteiger charge is 2.33. The van der Waals surface area contributed by atoms with Crippen molar-refractivity contribution in [2.75, 3.05) is 0 Å². The van der Waals surface area contributed by atoms with Crippen molar-refractivity contribution >= 4 is 5.97 Å². The first-order chi connectivity index (χ1) is 8.23. The fraction of sp³-hybridized carbons (Fsp3) is 0.333. The summed E-state index contributed by atoms with van der Waals surface area (Å²) in [6.07, 6.45) is -5.93. The average molecular weight is 269 g/mol. The minimum absolute atomic E-state index is 0.466. The maximum Gasteiger partial charge on any atom is 0.574 e. The zero-order chi connectivity index (χ0) is 13.9. The van der Waals surface area contributed by atoms with Gasteiger partial charge in [-0.15, -0.1) is 13.2 Å². The fourth-order valence-corrected chi connectivity index (χ4v) is 1.21. The summed E-state index contributed by atoms with van der Waals surface area (Å²) in [6.45, 7) is -1.23. The summed E-state index contributed by atoms with van der Waals surface area (Å²) in [7, 11) is 0. The van der Waals surface area contributed by atoms with Crippen LogP contribution in [0.15, 0.2) is 10.9 Å². The smallest absolute Gasteiger partial charge is 0.481 e. The number of carboxylic acids is 1. The third-order valence-corrected chi connectivity index (χ3v) is 1.86. The molecule has 0 aliphatic rings. The van der Waals surface area contributed by atoms with E-state index in [1.54, 1.807) is 4.98 Å². The highest BCUT2D eigenvalue weighted by molar-refractivity contribution is 5.71. The first-order valence-corrected chi connectivity index (χ1v) is 4.51. The van der Waals surface area contributed by atoms with Gasteiger partial charge in [0, 0.05) is 11.1 Å². The lowest BCUT2D eigenvalue weighted by Crippen LogP contribution is -2.23. The number of ether oxygens (including phenoxy) is 1. The number of rotatable bonds is 4. The third-order valence-electron chi connectivity index (χ3n) is 1.86. The van der Waals surface area contributed by atoms with Crippen LogP contribution in [0.25, 0.3) is 0 Å². The lowest BCUT2D eigenvalue weighted by molar-refractivity contribution is -0.276. The maximum absolute atomic E-state index is 12.3. The first-order valence-electron chi connectivity index (χ1n) is 4.51. The predicted molar refractivity (Wildman–Crippen MR) is 49.9 cm³/mol. The molecule has 0 aliphatic heterocycles. The van der Waals surface area contributed by atoms with Crippen LogP contribution >= 0.6 is 0 Å². The Morgan fingerprint density at radius 2 is 2.00 bits per heavy atom. The summed E-state index contributed by atoms with van der Waals surface area (Å²) in [5.74, 6) is -2.49. The molecule has 1 rings (SSSR count). The number of aromatic amines is 1. The van der Waals surface area contributed by atoms with Crippen molar-refractivity contribution in [3.8, 4) is 5.88 Å². The maximum atomic E-state index is 12.3. The molecule has 0 atom stereocenters. The van der Waals surface area contributed by atoms with Gasteiger partial charge in [0.2, 0.25) is 5.88 Å². The number of H-pyrrole nitrogens is 1. The Labute approximate surface area is 97.0 Å². The van der Waals surface area contributed by atoms with E-state index in [1.807, 2.05) is 0 Å². The molecule has 1 aromatic rings. The minimum atomic E-state index is -5.09. The molecule has 1 aromatic heterocycles. The lowest BCUT2D eigenvalue weighted by Gasteiger charge is -2.12. The van der Waals surface area contributed by atoms with Gasteiger partial charge in [0.15, 0.2) is 0 Å². The monoisotopic (exact) mass is 269 g/mol. The van der Waals surface area contributed by atoms with Crippen LogP contribution in [-0.2, 0) is 17.9 Å². The summed E-state index contributed by atoms with van der Waals surface area (Å²) in [4.78, 5) is 23.2. The van der Waals surface area contributed by atoms with Crippen molar-refractivity contribution in [1.29, 1.82) is 0 Å². The van der Waals surface area contributed by atoms with E-state index >= 15 is 0 Å². The molecule has 5 nitrogen and oxygen atoms in total. The summed E-state index contributed by atoms with van der Waals surface area (Å²) in [6, 6.07) is 0.730. The second-order valence-corrected chi connectivity index (χ2v) is 3.23. The van der Waals surface area contributed by atoms with Crippen molar-refractivity contribution in [3.63, 3.8) is 0 Å². The van der Waals surface area contributed by atoms with Gasteiger partial charge in [-0.25, -0.2) is 4.39 Å². The van der Waals surface area contributed by atoms with Gasteiger partial charge in [-0.2, -0.15) is 0 Å². The Kier molecular flexibility index (Phi) is 3.94. The zero-order valence-electron chi connectivity index (χ0n) is 8.68. The van der Waals surface area contributed by atoms with Crippen LogP contribution in [-0.4, -0.2) is 22.4 Å². The normalized spacial score (nSPS) is 11.3. The molecule has 9 heteroatoms. The highest BCUT2D eigenvalue weighted by Crippen LogP contribution is 2.24. The van der Waals surface area contributed by atoms with Gasteiger partial charge >= 0.3 is 12.3 Å². The van der Waals surface area contributed by atoms with Crippen LogP contribution in [0.3, 0.4) is 0 Å². The van der Waals surface area contributed by atoms with Gasteiger partial charge in [-0.1, -0.05) is 0 Å². The topological polar surface area (TPSA) is 79.4 Å². The van der Waals surface area contributed by atoms with E-state index in [-0.39, 0.29) is 0 Å². The number of carbonyl (C=O) groups is 1. The van der Waals surface area contributed by atoms with E-state index in [0.29, 0.717) is 0 Å². The number of halogens is 4. The molecule has 0 aromatic carbocycles. The minimum Gasteiger partial charge on any atom is -0.481 e. The molecule has 100 valence electrons. The summed E-state index contributed by atoms with van der Waals surface area (Å²) < 4.78 is 51.8. The Balaban J connectivity index is 3.25. The van der Waals surface area contributed by atoms with E-state index in [1.165, 1.54) is 0 Å². The molecule has 0 spiro atoms. The van der Waals surface area contributed by atoms with E-state index in [4.69, 9.17) is 5.11 Å². The lowest BCUT2D eigenvalue weighted by atomic mass is 10.1. The molecule has 0 bridgehead atoms. The van der Waals surface area contributed by atoms with Crippen LogP contribution in [0.1, 0.15) is 11.1 Å². The van der Waals surface area contributed by atoms with E-state index in [2.05, 4.69) is 4.74 Å². The van der Waals surface area contributed by atoms with Crippen LogP contribution in [0.4, 0.5) is 17.6 Å². The third kappa shape index (κ3) is 3.75. The number of hydrogen-bond acceptors (Lipinski definition) is 3. The molecule has 1 heterocycles. The second kappa shape index (κ2) is 5.07. The number of aromatic nitrogens is 1. The van der Waals surface area contributed by atoms with Crippen molar-refractivity contribution < 1.29 is 32.2 Å². The SMILES string of the molecule is O=C(O)Cc1cc(CF)c(=O)[nH]c1OC(F)(F)F. The molecule has 0 radical (unpaired) electrons. The molecule has 0 aliphatic carbocycles. The molecule has 0 saturated heterocycles. The molecular weight excluding hydrogens is 262 g/mol. The molecule has 2 N–H and O–H groups in total. The predicted octanol–water partition coefficient (Wildman–Crippen LogP) is 1.37. The number of nitrogens with one attached hydrogen (secondary N) is 1. The van der Waals surface area contributed by atoms with Crippen LogP contribution in [0, 0.1) is 0 Å². The van der Waals surface area contributed by atoms with Crippen LogP contribution in [0.2, 0.25) is 0 Å². The highest BCUT2D eigenvalue weighted by atomic mass is 19.4. The van der Waals surface area contributed by atoms with Crippen LogP contribution in [0.5, 0.6) is 5.88 Å². The van der Waals surface area contributed by atoms with Gasteiger partial charge in [-0.3, -0.25) is 14.6 Å². The number of alkyl halides is 4.